The van der Waals surface area contributed by atoms with Gasteiger partial charge in [0, 0.05) is 11.8 Å². The van der Waals surface area contributed by atoms with E-state index in [1.54, 1.807) is 12.1 Å². The molecular weight excluding hydrogens is 445 g/mol. The van der Waals surface area contributed by atoms with Gasteiger partial charge in [-0.2, -0.15) is 9.78 Å². The average molecular weight is 462 g/mol. The van der Waals surface area contributed by atoms with Crippen LogP contribution in [0.25, 0.3) is 16.9 Å². The minimum absolute atomic E-state index is 0.0544. The van der Waals surface area contributed by atoms with E-state index in [1.807, 2.05) is 0 Å². The number of aromatic nitrogens is 3. The Morgan fingerprint density at radius 3 is 2.58 bits per heavy atom. The van der Waals surface area contributed by atoms with Crippen LogP contribution in [0, 0.1) is 0 Å². The van der Waals surface area contributed by atoms with Gasteiger partial charge in [0.25, 0.3) is 11.5 Å². The van der Waals surface area contributed by atoms with Gasteiger partial charge in [-0.15, -0.1) is 13.2 Å². The lowest BCUT2D eigenvalue weighted by molar-refractivity contribution is -0.274. The van der Waals surface area contributed by atoms with Gasteiger partial charge in [-0.3, -0.25) is 14.6 Å². The summed E-state index contributed by atoms with van der Waals surface area (Å²) in [6.07, 6.45) is -2.90. The number of hydrogen-bond acceptors (Lipinski definition) is 7. The summed E-state index contributed by atoms with van der Waals surface area (Å²) in [5.41, 5.74) is -0.265. The molecule has 1 aliphatic heterocycles. The van der Waals surface area contributed by atoms with Gasteiger partial charge in [0.15, 0.2) is 0 Å². The van der Waals surface area contributed by atoms with Crippen molar-refractivity contribution in [2.75, 3.05) is 13.2 Å². The molecule has 0 bridgehead atoms. The number of carbonyl (C=O) groups excluding carboxylic acids is 1. The second-order valence-corrected chi connectivity index (χ2v) is 7.13. The Hall–Kier alpha value is -3.77. The molecule has 2 aromatic heterocycles. The molecular formula is C21H17F3N4O5. The van der Waals surface area contributed by atoms with Crippen molar-refractivity contribution in [3.05, 3.63) is 70.8 Å². The summed E-state index contributed by atoms with van der Waals surface area (Å²) in [6, 6.07) is 8.49. The van der Waals surface area contributed by atoms with E-state index in [9.17, 15) is 27.9 Å². The van der Waals surface area contributed by atoms with Crippen LogP contribution in [0.4, 0.5) is 13.2 Å². The molecule has 1 aromatic carbocycles. The molecule has 1 amide bonds. The Labute approximate surface area is 184 Å². The fourth-order valence-corrected chi connectivity index (χ4v) is 3.21. The molecule has 2 N–H and O–H groups in total. The fourth-order valence-electron chi connectivity index (χ4n) is 3.21. The van der Waals surface area contributed by atoms with E-state index < -0.39 is 35.7 Å². The number of alkyl halides is 3. The smallest absolute Gasteiger partial charge is 0.406 e. The number of aliphatic hydroxyl groups is 1. The molecule has 0 saturated carbocycles. The Balaban J connectivity index is 1.75. The molecule has 1 saturated heterocycles. The van der Waals surface area contributed by atoms with Gasteiger partial charge in [0.2, 0.25) is 0 Å². The number of carbonyl (C=O) groups is 1. The summed E-state index contributed by atoms with van der Waals surface area (Å²) in [4.78, 5) is 29.8. The van der Waals surface area contributed by atoms with Crippen LogP contribution in [0.1, 0.15) is 10.4 Å². The molecule has 2 atom stereocenters. The maximum absolute atomic E-state index is 13.0. The van der Waals surface area contributed by atoms with Gasteiger partial charge in [-0.05, 0) is 42.5 Å². The first kappa shape index (κ1) is 22.4. The highest BCUT2D eigenvalue weighted by molar-refractivity contribution is 5.95. The monoisotopic (exact) mass is 462 g/mol. The van der Waals surface area contributed by atoms with Crippen molar-refractivity contribution >= 4 is 5.91 Å². The van der Waals surface area contributed by atoms with E-state index >= 15 is 0 Å². The third-order valence-corrected chi connectivity index (χ3v) is 4.80. The summed E-state index contributed by atoms with van der Waals surface area (Å²) in [5, 5.41) is 16.7. The largest absolute Gasteiger partial charge is 0.573 e. The molecule has 0 radical (unpaired) electrons. The van der Waals surface area contributed by atoms with Crippen LogP contribution in [0.2, 0.25) is 0 Å². The quantitative estimate of drug-likeness (QED) is 0.593. The standard InChI is InChI=1S/C21H17F3N4O5/c22-21(23,24)33-14-5-3-12(4-6-14)16-8-15(19(30)26-17-10-32-11-18(17)29)20(31)28(27-16)13-2-1-7-25-9-13/h1-9,17-18,29H,10-11H2,(H,26,30). The first-order valence-electron chi connectivity index (χ1n) is 9.69. The normalized spacial score (nSPS) is 18.2. The molecule has 172 valence electrons. The molecule has 1 aliphatic rings. The molecule has 0 spiro atoms. The number of pyridine rings is 1. The van der Waals surface area contributed by atoms with Crippen LogP contribution in [-0.2, 0) is 4.74 Å². The van der Waals surface area contributed by atoms with Gasteiger partial charge in [-0.25, -0.2) is 0 Å². The van der Waals surface area contributed by atoms with E-state index in [1.165, 1.54) is 30.6 Å². The highest BCUT2D eigenvalue weighted by Crippen LogP contribution is 2.26. The average Bonchev–Trinajstić information content (AvgIpc) is 3.18. The lowest BCUT2D eigenvalue weighted by Crippen LogP contribution is -2.44. The maximum atomic E-state index is 13.0. The number of aliphatic hydroxyl groups excluding tert-OH is 1. The van der Waals surface area contributed by atoms with Crippen LogP contribution < -0.4 is 15.6 Å². The Bertz CT molecular complexity index is 1200. The van der Waals surface area contributed by atoms with Crippen molar-refractivity contribution in [1.29, 1.82) is 0 Å². The number of benzene rings is 1. The SMILES string of the molecule is O=C(NC1COCC1O)c1cc(-c2ccc(OC(F)(F)F)cc2)nn(-c2cccnc2)c1=O. The molecule has 3 heterocycles. The van der Waals surface area contributed by atoms with Crippen molar-refractivity contribution in [2.45, 2.75) is 18.5 Å². The van der Waals surface area contributed by atoms with Gasteiger partial charge in [0.1, 0.15) is 11.3 Å². The highest BCUT2D eigenvalue weighted by atomic mass is 19.4. The Kier molecular flexibility index (Phi) is 6.11. The van der Waals surface area contributed by atoms with E-state index in [-0.39, 0.29) is 30.2 Å². The molecule has 33 heavy (non-hydrogen) atoms. The van der Waals surface area contributed by atoms with E-state index in [2.05, 4.69) is 20.1 Å². The van der Waals surface area contributed by atoms with Crippen molar-refractivity contribution in [3.8, 4) is 22.7 Å². The number of amides is 1. The van der Waals surface area contributed by atoms with Gasteiger partial charge >= 0.3 is 6.36 Å². The second kappa shape index (κ2) is 9.00. The predicted octanol–water partition coefficient (Wildman–Crippen LogP) is 1.68. The molecule has 4 rings (SSSR count). The zero-order chi connectivity index (χ0) is 23.6. The third kappa shape index (κ3) is 5.18. The second-order valence-electron chi connectivity index (χ2n) is 7.13. The zero-order valence-corrected chi connectivity index (χ0v) is 16.8. The van der Waals surface area contributed by atoms with Gasteiger partial charge in [-0.1, -0.05) is 0 Å². The van der Waals surface area contributed by atoms with Crippen molar-refractivity contribution < 1.29 is 32.5 Å². The molecule has 3 aromatic rings. The fraction of sp³-hybridized carbons (Fsp3) is 0.238. The first-order chi connectivity index (χ1) is 15.7. The van der Waals surface area contributed by atoms with E-state index in [0.717, 1.165) is 16.8 Å². The number of halogens is 3. The Morgan fingerprint density at radius 1 is 1.21 bits per heavy atom. The number of rotatable bonds is 5. The van der Waals surface area contributed by atoms with Crippen LogP contribution in [0.15, 0.2) is 59.7 Å². The minimum Gasteiger partial charge on any atom is -0.406 e. The minimum atomic E-state index is -4.84. The van der Waals surface area contributed by atoms with Crippen molar-refractivity contribution in [1.82, 2.24) is 20.1 Å². The number of hydrogen-bond donors (Lipinski definition) is 2. The molecule has 1 fully saturated rings. The topological polar surface area (TPSA) is 116 Å². The third-order valence-electron chi connectivity index (χ3n) is 4.80. The molecule has 0 aliphatic carbocycles. The van der Waals surface area contributed by atoms with Crippen LogP contribution >= 0.6 is 0 Å². The molecule has 2 unspecified atom stereocenters. The summed E-state index contributed by atoms with van der Waals surface area (Å²) in [5.74, 6) is -1.19. The number of ether oxygens (including phenoxy) is 2. The molecule has 9 nitrogen and oxygen atoms in total. The highest BCUT2D eigenvalue weighted by Gasteiger charge is 2.31. The number of nitrogens with one attached hydrogen (secondary N) is 1. The molecule has 12 heteroatoms. The zero-order valence-electron chi connectivity index (χ0n) is 16.8. The van der Waals surface area contributed by atoms with Crippen molar-refractivity contribution in [3.63, 3.8) is 0 Å². The van der Waals surface area contributed by atoms with E-state index in [4.69, 9.17) is 4.74 Å². The lowest BCUT2D eigenvalue weighted by Gasteiger charge is -2.16. The van der Waals surface area contributed by atoms with Crippen molar-refractivity contribution in [2.24, 2.45) is 0 Å². The van der Waals surface area contributed by atoms with Gasteiger partial charge < -0.3 is 19.9 Å². The van der Waals surface area contributed by atoms with E-state index in [0.29, 0.717) is 5.56 Å². The Morgan fingerprint density at radius 2 is 1.97 bits per heavy atom. The lowest BCUT2D eigenvalue weighted by atomic mass is 10.1. The first-order valence-corrected chi connectivity index (χ1v) is 9.69. The van der Waals surface area contributed by atoms with Gasteiger partial charge in [0.05, 0.1) is 42.9 Å². The summed E-state index contributed by atoms with van der Waals surface area (Å²) >= 11 is 0. The number of nitrogens with zero attached hydrogens (tertiary/aromatic N) is 3. The van der Waals surface area contributed by atoms with Crippen LogP contribution in [0.5, 0.6) is 5.75 Å². The van der Waals surface area contributed by atoms with Crippen LogP contribution in [-0.4, -0.2) is 57.5 Å². The van der Waals surface area contributed by atoms with Crippen LogP contribution in [0.3, 0.4) is 0 Å². The summed E-state index contributed by atoms with van der Waals surface area (Å²) in [6.45, 7) is 0.140. The summed E-state index contributed by atoms with van der Waals surface area (Å²) < 4.78 is 47.3. The predicted molar refractivity (Wildman–Crippen MR) is 108 cm³/mol. The maximum Gasteiger partial charge on any atom is 0.573 e. The summed E-state index contributed by atoms with van der Waals surface area (Å²) in [7, 11) is 0.